The van der Waals surface area contributed by atoms with Crippen LogP contribution < -0.4 is 10.5 Å². The van der Waals surface area contributed by atoms with E-state index in [2.05, 4.69) is 28.9 Å². The number of hydrogen-bond acceptors (Lipinski definition) is 4. The first-order chi connectivity index (χ1) is 10.2. The van der Waals surface area contributed by atoms with E-state index in [4.69, 9.17) is 0 Å². The van der Waals surface area contributed by atoms with E-state index in [1.807, 2.05) is 30.5 Å². The Morgan fingerprint density at radius 2 is 2.05 bits per heavy atom. The average molecular weight is 299 g/mol. The molecule has 2 heterocycles. The van der Waals surface area contributed by atoms with Crippen molar-refractivity contribution in [3.63, 3.8) is 0 Å². The summed E-state index contributed by atoms with van der Waals surface area (Å²) in [4.78, 5) is 19.8. The Hall–Kier alpha value is -2.14. The molecular weight excluding hydrogens is 282 g/mol. The molecule has 4 nitrogen and oxygen atoms in total. The highest BCUT2D eigenvalue weighted by atomic mass is 32.1. The molecule has 0 bridgehead atoms. The molecule has 0 saturated heterocycles. The predicted molar refractivity (Wildman–Crippen MR) is 87.2 cm³/mol. The SMILES string of the molecule is CCN(Cc1cc(=O)n2c(C)csc2n1)c1ccccc1. The number of anilines is 1. The molecule has 0 atom stereocenters. The Balaban J connectivity index is 1.95. The van der Waals surface area contributed by atoms with Crippen LogP contribution in [0.15, 0.2) is 46.6 Å². The monoisotopic (exact) mass is 299 g/mol. The maximum absolute atomic E-state index is 12.2. The van der Waals surface area contributed by atoms with Crippen molar-refractivity contribution in [1.29, 1.82) is 0 Å². The summed E-state index contributed by atoms with van der Waals surface area (Å²) in [6.45, 7) is 5.54. The molecule has 1 aromatic carbocycles. The molecule has 2 aromatic heterocycles. The van der Waals surface area contributed by atoms with Crippen molar-refractivity contribution in [3.8, 4) is 0 Å². The maximum atomic E-state index is 12.2. The first kappa shape index (κ1) is 13.8. The Bertz CT molecular complexity index is 807. The van der Waals surface area contributed by atoms with Crippen molar-refractivity contribution in [1.82, 2.24) is 9.38 Å². The first-order valence-electron chi connectivity index (χ1n) is 6.96. The molecule has 0 aliphatic rings. The molecule has 21 heavy (non-hydrogen) atoms. The number of benzene rings is 1. The minimum absolute atomic E-state index is 0.00198. The van der Waals surface area contributed by atoms with Crippen LogP contribution in [0.4, 0.5) is 5.69 Å². The molecule has 0 amide bonds. The fourth-order valence-corrected chi connectivity index (χ4v) is 3.29. The molecule has 0 N–H and O–H groups in total. The number of thiazole rings is 1. The topological polar surface area (TPSA) is 37.6 Å². The maximum Gasteiger partial charge on any atom is 0.259 e. The highest BCUT2D eigenvalue weighted by Gasteiger charge is 2.10. The fraction of sp³-hybridized carbons (Fsp3) is 0.250. The largest absolute Gasteiger partial charge is 0.366 e. The van der Waals surface area contributed by atoms with E-state index in [1.54, 1.807) is 10.5 Å². The van der Waals surface area contributed by atoms with Crippen LogP contribution >= 0.6 is 11.3 Å². The zero-order chi connectivity index (χ0) is 14.8. The molecule has 5 heteroatoms. The third-order valence-electron chi connectivity index (χ3n) is 3.48. The van der Waals surface area contributed by atoms with Gasteiger partial charge in [0, 0.05) is 29.4 Å². The molecule has 0 fully saturated rings. The van der Waals surface area contributed by atoms with E-state index >= 15 is 0 Å². The van der Waals surface area contributed by atoms with Crippen molar-refractivity contribution >= 4 is 22.0 Å². The van der Waals surface area contributed by atoms with Crippen LogP contribution in [0, 0.1) is 6.92 Å². The van der Waals surface area contributed by atoms with Gasteiger partial charge in [0.2, 0.25) is 0 Å². The smallest absolute Gasteiger partial charge is 0.259 e. The predicted octanol–water partition coefficient (Wildman–Crippen LogP) is 3.09. The number of aromatic nitrogens is 2. The van der Waals surface area contributed by atoms with E-state index in [0.29, 0.717) is 6.54 Å². The normalized spacial score (nSPS) is 11.0. The summed E-state index contributed by atoms with van der Waals surface area (Å²) in [5.74, 6) is 0. The molecule has 0 spiro atoms. The Labute approximate surface area is 127 Å². The number of hydrogen-bond donors (Lipinski definition) is 0. The van der Waals surface area contributed by atoms with Gasteiger partial charge in [0.1, 0.15) is 0 Å². The lowest BCUT2D eigenvalue weighted by Gasteiger charge is -2.22. The van der Waals surface area contributed by atoms with Gasteiger partial charge in [0.15, 0.2) is 4.96 Å². The van der Waals surface area contributed by atoms with Gasteiger partial charge in [-0.2, -0.15) is 0 Å². The van der Waals surface area contributed by atoms with E-state index < -0.39 is 0 Å². The minimum Gasteiger partial charge on any atom is -0.366 e. The van der Waals surface area contributed by atoms with Crippen LogP contribution in [0.25, 0.3) is 4.96 Å². The van der Waals surface area contributed by atoms with Crippen LogP contribution in [0.1, 0.15) is 18.3 Å². The van der Waals surface area contributed by atoms with Crippen molar-refractivity contribution < 1.29 is 0 Å². The number of nitrogens with zero attached hydrogens (tertiary/aromatic N) is 3. The van der Waals surface area contributed by atoms with Gasteiger partial charge in [-0.3, -0.25) is 9.20 Å². The van der Waals surface area contributed by atoms with Crippen molar-refractivity contribution in [2.75, 3.05) is 11.4 Å². The Morgan fingerprint density at radius 1 is 1.29 bits per heavy atom. The summed E-state index contributed by atoms with van der Waals surface area (Å²) in [5, 5.41) is 1.96. The third-order valence-corrected chi connectivity index (χ3v) is 4.43. The standard InChI is InChI=1S/C16H17N3OS/c1-3-18(14-7-5-4-6-8-14)10-13-9-15(20)19-12(2)11-21-16(19)17-13/h4-9,11H,3,10H2,1-2H3. The zero-order valence-electron chi connectivity index (χ0n) is 12.1. The zero-order valence-corrected chi connectivity index (χ0v) is 12.9. The average Bonchev–Trinajstić information content (AvgIpc) is 2.87. The van der Waals surface area contributed by atoms with Gasteiger partial charge in [-0.1, -0.05) is 18.2 Å². The third kappa shape index (κ3) is 2.69. The fourth-order valence-electron chi connectivity index (χ4n) is 2.40. The molecular formula is C16H17N3OS. The molecule has 108 valence electrons. The van der Waals surface area contributed by atoms with Gasteiger partial charge in [-0.25, -0.2) is 4.98 Å². The number of para-hydroxylation sites is 1. The van der Waals surface area contributed by atoms with E-state index in [0.717, 1.165) is 28.6 Å². The summed E-state index contributed by atoms with van der Waals surface area (Å²) < 4.78 is 1.66. The lowest BCUT2D eigenvalue weighted by molar-refractivity contribution is 0.804. The van der Waals surface area contributed by atoms with Crippen molar-refractivity contribution in [3.05, 3.63) is 63.5 Å². The second kappa shape index (κ2) is 5.69. The van der Waals surface area contributed by atoms with Crippen molar-refractivity contribution in [2.24, 2.45) is 0 Å². The molecule has 3 rings (SSSR count). The Kier molecular flexibility index (Phi) is 3.75. The van der Waals surface area contributed by atoms with E-state index in [9.17, 15) is 4.79 Å². The number of aryl methyl sites for hydroxylation is 1. The lowest BCUT2D eigenvalue weighted by Crippen LogP contribution is -2.24. The summed E-state index contributed by atoms with van der Waals surface area (Å²) in [7, 11) is 0. The minimum atomic E-state index is -0.00198. The van der Waals surface area contributed by atoms with Gasteiger partial charge < -0.3 is 4.90 Å². The van der Waals surface area contributed by atoms with E-state index in [-0.39, 0.29) is 5.56 Å². The molecule has 0 saturated carbocycles. The second-order valence-corrected chi connectivity index (χ2v) is 5.77. The first-order valence-corrected chi connectivity index (χ1v) is 7.84. The summed E-state index contributed by atoms with van der Waals surface area (Å²) in [6.07, 6.45) is 0. The van der Waals surface area contributed by atoms with Crippen LogP contribution in [0.5, 0.6) is 0 Å². The van der Waals surface area contributed by atoms with E-state index in [1.165, 1.54) is 11.3 Å². The second-order valence-electron chi connectivity index (χ2n) is 4.93. The van der Waals surface area contributed by atoms with Crippen molar-refractivity contribution in [2.45, 2.75) is 20.4 Å². The molecule has 0 unspecified atom stereocenters. The molecule has 3 aromatic rings. The van der Waals surface area contributed by atoms with Crippen LogP contribution in [0.2, 0.25) is 0 Å². The van der Waals surface area contributed by atoms with Gasteiger partial charge in [-0.05, 0) is 26.0 Å². The number of fused-ring (bicyclic) bond motifs is 1. The lowest BCUT2D eigenvalue weighted by atomic mass is 10.2. The summed E-state index contributed by atoms with van der Waals surface area (Å²) in [6, 6.07) is 11.8. The Morgan fingerprint density at radius 3 is 2.76 bits per heavy atom. The molecule has 0 aliphatic carbocycles. The van der Waals surface area contributed by atoms with Gasteiger partial charge in [0.05, 0.1) is 12.2 Å². The van der Waals surface area contributed by atoms with Crippen LogP contribution in [-0.2, 0) is 6.54 Å². The highest BCUT2D eigenvalue weighted by Crippen LogP contribution is 2.17. The quantitative estimate of drug-likeness (QED) is 0.743. The van der Waals surface area contributed by atoms with Gasteiger partial charge in [0.25, 0.3) is 5.56 Å². The van der Waals surface area contributed by atoms with Crippen LogP contribution in [-0.4, -0.2) is 15.9 Å². The molecule has 0 radical (unpaired) electrons. The highest BCUT2D eigenvalue weighted by molar-refractivity contribution is 7.15. The number of rotatable bonds is 4. The molecule has 0 aliphatic heterocycles. The van der Waals surface area contributed by atoms with Gasteiger partial charge >= 0.3 is 0 Å². The summed E-state index contributed by atoms with van der Waals surface area (Å²) in [5.41, 5.74) is 2.89. The van der Waals surface area contributed by atoms with Crippen LogP contribution in [0.3, 0.4) is 0 Å². The van der Waals surface area contributed by atoms with Gasteiger partial charge in [-0.15, -0.1) is 11.3 Å². The summed E-state index contributed by atoms with van der Waals surface area (Å²) >= 11 is 1.51.